The summed E-state index contributed by atoms with van der Waals surface area (Å²) in [7, 11) is 0. The first-order valence-electron chi connectivity index (χ1n) is 5.10. The molecule has 6 nitrogen and oxygen atoms in total. The summed E-state index contributed by atoms with van der Waals surface area (Å²) in [5.74, 6) is -0.973. The highest BCUT2D eigenvalue weighted by atomic mass is 16.6. The lowest BCUT2D eigenvalue weighted by Gasteiger charge is -2.13. The molecule has 6 heteroatoms. The first-order chi connectivity index (χ1) is 8.13. The first kappa shape index (κ1) is 13.0. The van der Waals surface area contributed by atoms with Gasteiger partial charge in [0.2, 0.25) is 0 Å². The van der Waals surface area contributed by atoms with Gasteiger partial charge in [-0.1, -0.05) is 6.58 Å². The van der Waals surface area contributed by atoms with Crippen LogP contribution in [0.1, 0.15) is 26.0 Å². The summed E-state index contributed by atoms with van der Waals surface area (Å²) in [6.45, 7) is 4.95. The van der Waals surface area contributed by atoms with Gasteiger partial charge in [-0.25, -0.2) is 4.98 Å². The summed E-state index contributed by atoms with van der Waals surface area (Å²) in [5, 5.41) is 0. The Hall–Kier alpha value is -2.11. The van der Waals surface area contributed by atoms with E-state index in [1.807, 2.05) is 0 Å². The highest BCUT2D eigenvalue weighted by Crippen LogP contribution is 2.08. The van der Waals surface area contributed by atoms with Gasteiger partial charge in [0, 0.05) is 12.4 Å². The van der Waals surface area contributed by atoms with Crippen LogP contribution in [-0.2, 0) is 19.1 Å². The third-order valence-corrected chi connectivity index (χ3v) is 1.99. The third kappa shape index (κ3) is 4.50. The van der Waals surface area contributed by atoms with E-state index in [0.29, 0.717) is 0 Å². The number of aromatic nitrogens is 2. The Balaban J connectivity index is 2.30. The fourth-order valence-corrected chi connectivity index (χ4v) is 1.15. The second kappa shape index (κ2) is 6.47. The fourth-order valence-electron chi connectivity index (χ4n) is 1.15. The number of rotatable bonds is 6. The molecule has 0 aromatic carbocycles. The Morgan fingerprint density at radius 2 is 2.18 bits per heavy atom. The molecule has 0 aliphatic rings. The largest absolute Gasteiger partial charge is 0.441 e. The van der Waals surface area contributed by atoms with Crippen LogP contribution in [0, 0.1) is 0 Å². The first-order valence-corrected chi connectivity index (χ1v) is 5.10. The van der Waals surface area contributed by atoms with Crippen molar-refractivity contribution in [2.45, 2.75) is 26.0 Å². The number of hydrogen-bond acceptors (Lipinski definition) is 5. The van der Waals surface area contributed by atoms with Gasteiger partial charge in [-0.2, -0.15) is 0 Å². The molecule has 0 aliphatic carbocycles. The second-order valence-corrected chi connectivity index (χ2v) is 3.26. The van der Waals surface area contributed by atoms with Crippen molar-refractivity contribution in [3.05, 3.63) is 31.6 Å². The molecule has 1 aromatic heterocycles. The van der Waals surface area contributed by atoms with E-state index in [4.69, 9.17) is 4.74 Å². The zero-order chi connectivity index (χ0) is 12.7. The van der Waals surface area contributed by atoms with Crippen LogP contribution in [0.2, 0.25) is 0 Å². The van der Waals surface area contributed by atoms with Gasteiger partial charge in [0.15, 0.2) is 6.23 Å². The monoisotopic (exact) mass is 238 g/mol. The molecule has 0 bridgehead atoms. The van der Waals surface area contributed by atoms with Gasteiger partial charge in [-0.15, -0.1) is 0 Å². The molecule has 1 heterocycles. The molecule has 0 amide bonds. The molecule has 0 aliphatic heterocycles. The smallest absolute Gasteiger partial charge is 0.311 e. The number of esters is 2. The van der Waals surface area contributed by atoms with Gasteiger partial charge in [0.05, 0.1) is 25.4 Å². The molecule has 0 N–H and O–H groups in total. The summed E-state index contributed by atoms with van der Waals surface area (Å²) in [6, 6.07) is 0. The van der Waals surface area contributed by atoms with Crippen LogP contribution < -0.4 is 0 Å². The Morgan fingerprint density at radius 1 is 1.47 bits per heavy atom. The van der Waals surface area contributed by atoms with Crippen LogP contribution >= 0.6 is 0 Å². The Morgan fingerprint density at radius 3 is 2.76 bits per heavy atom. The van der Waals surface area contributed by atoms with E-state index in [0.717, 1.165) is 6.26 Å². The predicted molar refractivity (Wildman–Crippen MR) is 58.6 cm³/mol. The van der Waals surface area contributed by atoms with Gasteiger partial charge < -0.3 is 14.0 Å². The van der Waals surface area contributed by atoms with Crippen molar-refractivity contribution < 1.29 is 19.1 Å². The standard InChI is InChI=1S/C11H14N2O4/c1-3-16-10(14)4-5-11(15)17-9(2)13-7-6-12-8-13/h3,6-9H,1,4-5H2,2H3. The lowest BCUT2D eigenvalue weighted by molar-refractivity contribution is -0.155. The maximum Gasteiger partial charge on any atom is 0.311 e. The van der Waals surface area contributed by atoms with E-state index in [-0.39, 0.29) is 12.8 Å². The third-order valence-electron chi connectivity index (χ3n) is 1.99. The van der Waals surface area contributed by atoms with E-state index < -0.39 is 18.2 Å². The number of carbonyl (C=O) groups is 2. The second-order valence-electron chi connectivity index (χ2n) is 3.26. The summed E-state index contributed by atoms with van der Waals surface area (Å²) < 4.78 is 11.2. The molecule has 0 radical (unpaired) electrons. The summed E-state index contributed by atoms with van der Waals surface area (Å²) in [6.07, 6.45) is 5.36. The number of imidazole rings is 1. The van der Waals surface area contributed by atoms with Crippen molar-refractivity contribution in [1.29, 1.82) is 0 Å². The van der Waals surface area contributed by atoms with Crippen LogP contribution in [0.5, 0.6) is 0 Å². The summed E-state index contributed by atoms with van der Waals surface area (Å²) in [4.78, 5) is 26.1. The van der Waals surface area contributed by atoms with Gasteiger partial charge in [-0.05, 0) is 6.92 Å². The van der Waals surface area contributed by atoms with E-state index in [1.165, 1.54) is 0 Å². The molecule has 1 aromatic rings. The van der Waals surface area contributed by atoms with Crippen LogP contribution in [0.4, 0.5) is 0 Å². The maximum absolute atomic E-state index is 11.4. The van der Waals surface area contributed by atoms with Crippen LogP contribution in [0.25, 0.3) is 0 Å². The van der Waals surface area contributed by atoms with Crippen LogP contribution in [0.15, 0.2) is 31.6 Å². The minimum Gasteiger partial charge on any atom is -0.441 e. The minimum absolute atomic E-state index is 0.0221. The Bertz CT molecular complexity index is 386. The average Bonchev–Trinajstić information content (AvgIpc) is 2.80. The SMILES string of the molecule is C=COC(=O)CCC(=O)OC(C)n1ccnc1. The zero-order valence-electron chi connectivity index (χ0n) is 9.54. The van der Waals surface area contributed by atoms with E-state index in [9.17, 15) is 9.59 Å². The van der Waals surface area contributed by atoms with E-state index >= 15 is 0 Å². The molecular weight excluding hydrogens is 224 g/mol. The number of hydrogen-bond donors (Lipinski definition) is 0. The van der Waals surface area contributed by atoms with Crippen molar-refractivity contribution in [1.82, 2.24) is 9.55 Å². The highest BCUT2D eigenvalue weighted by Gasteiger charge is 2.12. The normalized spacial score (nSPS) is 11.6. The molecular formula is C11H14N2O4. The topological polar surface area (TPSA) is 70.4 Å². The predicted octanol–water partition coefficient (Wildman–Crippen LogP) is 1.41. The van der Waals surface area contributed by atoms with E-state index in [2.05, 4.69) is 16.3 Å². The van der Waals surface area contributed by atoms with Crippen molar-refractivity contribution in [2.24, 2.45) is 0 Å². The highest BCUT2D eigenvalue weighted by molar-refractivity contribution is 5.77. The number of carbonyl (C=O) groups excluding carboxylic acids is 2. The van der Waals surface area contributed by atoms with Gasteiger partial charge in [0.25, 0.3) is 0 Å². The van der Waals surface area contributed by atoms with Crippen LogP contribution in [0.3, 0.4) is 0 Å². The number of ether oxygens (including phenoxy) is 2. The summed E-state index contributed by atoms with van der Waals surface area (Å²) >= 11 is 0. The molecule has 1 unspecified atom stereocenters. The quantitative estimate of drug-likeness (QED) is 0.553. The van der Waals surface area contributed by atoms with Crippen molar-refractivity contribution in [3.8, 4) is 0 Å². The van der Waals surface area contributed by atoms with E-state index in [1.54, 1.807) is 30.2 Å². The van der Waals surface area contributed by atoms with Crippen molar-refractivity contribution in [3.63, 3.8) is 0 Å². The van der Waals surface area contributed by atoms with Gasteiger partial charge in [-0.3, -0.25) is 9.59 Å². The Kier molecular flexibility index (Phi) is 4.93. The summed E-state index contributed by atoms with van der Waals surface area (Å²) in [5.41, 5.74) is 0. The zero-order valence-corrected chi connectivity index (χ0v) is 9.54. The molecule has 1 rings (SSSR count). The van der Waals surface area contributed by atoms with Crippen molar-refractivity contribution >= 4 is 11.9 Å². The number of nitrogens with zero attached hydrogens (tertiary/aromatic N) is 2. The molecule has 17 heavy (non-hydrogen) atoms. The molecule has 0 spiro atoms. The molecule has 0 saturated carbocycles. The molecule has 1 atom stereocenters. The van der Waals surface area contributed by atoms with Gasteiger partial charge >= 0.3 is 11.9 Å². The molecule has 92 valence electrons. The lowest BCUT2D eigenvalue weighted by Crippen LogP contribution is -2.14. The Labute approximate surface area is 98.9 Å². The molecule has 0 saturated heterocycles. The van der Waals surface area contributed by atoms with Gasteiger partial charge in [0.1, 0.15) is 0 Å². The van der Waals surface area contributed by atoms with Crippen LogP contribution in [-0.4, -0.2) is 21.5 Å². The maximum atomic E-state index is 11.4. The average molecular weight is 238 g/mol. The fraction of sp³-hybridized carbons (Fsp3) is 0.364. The lowest BCUT2D eigenvalue weighted by atomic mass is 10.3. The molecule has 0 fully saturated rings. The minimum atomic E-state index is -0.507. The van der Waals surface area contributed by atoms with Crippen molar-refractivity contribution in [2.75, 3.05) is 0 Å².